The number of carbonyl (C=O) groups is 2. The largest absolute Gasteiger partial charge is 0.486 e. The lowest BCUT2D eigenvalue weighted by Crippen LogP contribution is -2.30. The molecule has 6 heteroatoms. The predicted octanol–water partition coefficient (Wildman–Crippen LogP) is 2.23. The van der Waals surface area contributed by atoms with Gasteiger partial charge >= 0.3 is 0 Å². The number of hydrogen-bond donors (Lipinski definition) is 0. The van der Waals surface area contributed by atoms with E-state index < -0.39 is 11.8 Å². The van der Waals surface area contributed by atoms with Crippen LogP contribution in [0, 0.1) is 0 Å². The summed E-state index contributed by atoms with van der Waals surface area (Å²) in [5, 5.41) is 0.831. The molecule has 2 aliphatic rings. The van der Waals surface area contributed by atoms with Crippen molar-refractivity contribution in [2.45, 2.75) is 6.42 Å². The zero-order valence-corrected chi connectivity index (χ0v) is 12.9. The zero-order chi connectivity index (χ0) is 16.5. The van der Waals surface area contributed by atoms with Crippen molar-refractivity contribution in [3.8, 4) is 11.5 Å². The van der Waals surface area contributed by atoms with Crippen LogP contribution in [0.15, 0.2) is 42.5 Å². The van der Waals surface area contributed by atoms with E-state index in [1.165, 1.54) is 0 Å². The van der Waals surface area contributed by atoms with Crippen molar-refractivity contribution in [2.75, 3.05) is 19.8 Å². The molecule has 2 aromatic carbocycles. The Morgan fingerprint density at radius 2 is 1.62 bits per heavy atom. The second kappa shape index (κ2) is 5.98. The van der Waals surface area contributed by atoms with Crippen LogP contribution < -0.4 is 9.47 Å². The summed E-state index contributed by atoms with van der Waals surface area (Å²) >= 11 is 0. The van der Waals surface area contributed by atoms with Crippen LogP contribution in [0.1, 0.15) is 26.3 Å². The molecule has 0 saturated carbocycles. The van der Waals surface area contributed by atoms with Crippen molar-refractivity contribution in [3.05, 3.63) is 59.2 Å². The van der Waals surface area contributed by atoms with Crippen molar-refractivity contribution in [1.29, 1.82) is 0 Å². The van der Waals surface area contributed by atoms with Crippen LogP contribution in [0.2, 0.25) is 0 Å². The molecule has 2 aliphatic heterocycles. The van der Waals surface area contributed by atoms with Gasteiger partial charge in [-0.05, 0) is 18.2 Å². The normalized spacial score (nSPS) is 15.6. The number of imide groups is 1. The number of carbonyl (C=O) groups excluding carboxylic acids is 2. The van der Waals surface area contributed by atoms with Crippen LogP contribution in [0.25, 0.3) is 0 Å². The van der Waals surface area contributed by atoms with Gasteiger partial charge < -0.3 is 9.47 Å². The molecule has 6 nitrogen and oxygen atoms in total. The van der Waals surface area contributed by atoms with Crippen molar-refractivity contribution >= 4 is 11.8 Å². The summed E-state index contributed by atoms with van der Waals surface area (Å²) in [4.78, 5) is 29.9. The van der Waals surface area contributed by atoms with E-state index in [2.05, 4.69) is 0 Å². The number of hydrogen-bond acceptors (Lipinski definition) is 5. The van der Waals surface area contributed by atoms with E-state index in [0.29, 0.717) is 42.3 Å². The fourth-order valence-corrected chi connectivity index (χ4v) is 2.86. The van der Waals surface area contributed by atoms with Gasteiger partial charge in [-0.2, -0.15) is 0 Å². The molecule has 0 saturated heterocycles. The number of amides is 2. The first-order chi connectivity index (χ1) is 11.8. The Balaban J connectivity index is 1.44. The average Bonchev–Trinajstić information content (AvgIpc) is 2.87. The molecule has 0 unspecified atom stereocenters. The number of rotatable bonds is 4. The maximum Gasteiger partial charge on any atom is 0.285 e. The van der Waals surface area contributed by atoms with Gasteiger partial charge in [0.2, 0.25) is 0 Å². The van der Waals surface area contributed by atoms with E-state index in [1.807, 2.05) is 18.2 Å². The third-order valence-electron chi connectivity index (χ3n) is 4.00. The summed E-state index contributed by atoms with van der Waals surface area (Å²) in [6, 6.07) is 12.3. The predicted molar refractivity (Wildman–Crippen MR) is 84.0 cm³/mol. The fraction of sp³-hybridized carbons (Fsp3) is 0.222. The second-order valence-electron chi connectivity index (χ2n) is 5.47. The third kappa shape index (κ3) is 2.41. The standard InChI is InChI=1S/C18H15NO5/c20-17-13-5-1-2-6-14(13)18(21)19(17)24-9-8-12-4-3-7-15-16(12)23-11-10-22-15/h1-7H,8-11H2. The molecule has 122 valence electrons. The van der Waals surface area contributed by atoms with Crippen LogP contribution in [-0.4, -0.2) is 36.7 Å². The highest BCUT2D eigenvalue weighted by Crippen LogP contribution is 2.34. The highest BCUT2D eigenvalue weighted by Gasteiger charge is 2.36. The number of fused-ring (bicyclic) bond motifs is 2. The van der Waals surface area contributed by atoms with Gasteiger partial charge in [0, 0.05) is 12.0 Å². The average molecular weight is 325 g/mol. The van der Waals surface area contributed by atoms with Crippen molar-refractivity contribution in [1.82, 2.24) is 5.06 Å². The molecule has 4 rings (SSSR count). The van der Waals surface area contributed by atoms with Gasteiger partial charge in [-0.3, -0.25) is 14.4 Å². The Morgan fingerprint density at radius 1 is 0.917 bits per heavy atom. The lowest BCUT2D eigenvalue weighted by atomic mass is 10.1. The lowest BCUT2D eigenvalue weighted by molar-refractivity contribution is -0.0903. The van der Waals surface area contributed by atoms with Crippen molar-refractivity contribution in [3.63, 3.8) is 0 Å². The molecule has 2 aromatic rings. The van der Waals surface area contributed by atoms with Gasteiger partial charge in [0.25, 0.3) is 11.8 Å². The number of benzene rings is 2. The minimum Gasteiger partial charge on any atom is -0.486 e. The van der Waals surface area contributed by atoms with E-state index in [-0.39, 0.29) is 6.61 Å². The van der Waals surface area contributed by atoms with Crippen LogP contribution >= 0.6 is 0 Å². The van der Waals surface area contributed by atoms with E-state index in [0.717, 1.165) is 10.6 Å². The smallest absolute Gasteiger partial charge is 0.285 e. The maximum absolute atomic E-state index is 12.2. The Bertz CT molecular complexity index is 782. The summed E-state index contributed by atoms with van der Waals surface area (Å²) in [6.45, 7) is 1.22. The van der Waals surface area contributed by atoms with Crippen LogP contribution in [-0.2, 0) is 11.3 Å². The molecule has 0 radical (unpaired) electrons. The summed E-state index contributed by atoms with van der Waals surface area (Å²) in [6.07, 6.45) is 0.500. The van der Waals surface area contributed by atoms with E-state index in [9.17, 15) is 9.59 Å². The monoisotopic (exact) mass is 325 g/mol. The Labute approximate surface area is 138 Å². The Kier molecular flexibility index (Phi) is 3.66. The number of para-hydroxylation sites is 1. The van der Waals surface area contributed by atoms with E-state index >= 15 is 0 Å². The quantitative estimate of drug-likeness (QED) is 0.807. The molecule has 2 heterocycles. The van der Waals surface area contributed by atoms with Gasteiger partial charge in [0.1, 0.15) is 13.2 Å². The Hall–Kier alpha value is -2.86. The van der Waals surface area contributed by atoms with Crippen molar-refractivity contribution in [2.24, 2.45) is 0 Å². The molecule has 0 aliphatic carbocycles. The zero-order valence-electron chi connectivity index (χ0n) is 12.9. The van der Waals surface area contributed by atoms with Crippen LogP contribution in [0.5, 0.6) is 11.5 Å². The van der Waals surface area contributed by atoms with Gasteiger partial charge in [-0.15, -0.1) is 5.06 Å². The summed E-state index contributed by atoms with van der Waals surface area (Å²) in [5.41, 5.74) is 1.66. The Morgan fingerprint density at radius 3 is 2.38 bits per heavy atom. The molecular weight excluding hydrogens is 310 g/mol. The topological polar surface area (TPSA) is 65.1 Å². The molecule has 0 spiro atoms. The fourth-order valence-electron chi connectivity index (χ4n) is 2.86. The van der Waals surface area contributed by atoms with E-state index in [4.69, 9.17) is 14.3 Å². The second-order valence-corrected chi connectivity index (χ2v) is 5.47. The number of hydroxylamine groups is 2. The maximum atomic E-state index is 12.2. The first-order valence-corrected chi connectivity index (χ1v) is 7.74. The minimum absolute atomic E-state index is 0.186. The first-order valence-electron chi connectivity index (χ1n) is 7.74. The molecule has 0 atom stereocenters. The van der Waals surface area contributed by atoms with Crippen LogP contribution in [0.4, 0.5) is 0 Å². The number of nitrogens with zero attached hydrogens (tertiary/aromatic N) is 1. The minimum atomic E-state index is -0.426. The molecular formula is C18H15NO5. The number of ether oxygens (including phenoxy) is 2. The summed E-state index contributed by atoms with van der Waals surface area (Å²) in [5.74, 6) is 0.560. The molecule has 2 amide bonds. The third-order valence-corrected chi connectivity index (χ3v) is 4.00. The first kappa shape index (κ1) is 14.7. The van der Waals surface area contributed by atoms with Gasteiger partial charge in [0.05, 0.1) is 17.7 Å². The molecule has 0 fully saturated rings. The highest BCUT2D eigenvalue weighted by atomic mass is 16.7. The lowest BCUT2D eigenvalue weighted by Gasteiger charge is -2.21. The molecule has 24 heavy (non-hydrogen) atoms. The van der Waals surface area contributed by atoms with Gasteiger partial charge in [-0.1, -0.05) is 24.3 Å². The SMILES string of the molecule is O=C1c2ccccc2C(=O)N1OCCc1cccc2c1OCCO2. The summed E-state index contributed by atoms with van der Waals surface area (Å²) < 4.78 is 11.2. The highest BCUT2D eigenvalue weighted by molar-refractivity contribution is 6.20. The van der Waals surface area contributed by atoms with Gasteiger partial charge in [0.15, 0.2) is 11.5 Å². The molecule has 0 bridgehead atoms. The molecule has 0 aromatic heterocycles. The molecule has 0 N–H and O–H groups in total. The van der Waals surface area contributed by atoms with E-state index in [1.54, 1.807) is 24.3 Å². The summed E-state index contributed by atoms with van der Waals surface area (Å²) in [7, 11) is 0. The van der Waals surface area contributed by atoms with Gasteiger partial charge in [-0.25, -0.2) is 0 Å². The van der Waals surface area contributed by atoms with Crippen molar-refractivity contribution < 1.29 is 23.9 Å². The van der Waals surface area contributed by atoms with Crippen LogP contribution in [0.3, 0.4) is 0 Å².